The number of sulfonamides is 1. The highest BCUT2D eigenvalue weighted by Crippen LogP contribution is 2.16. The number of benzene rings is 1. The van der Waals surface area contributed by atoms with Crippen LogP contribution in [0.3, 0.4) is 0 Å². The van der Waals surface area contributed by atoms with Crippen molar-refractivity contribution >= 4 is 21.6 Å². The number of nitrogens with zero attached hydrogens (tertiary/aromatic N) is 3. The van der Waals surface area contributed by atoms with Gasteiger partial charge in [0, 0.05) is 50.7 Å². The quantitative estimate of drug-likeness (QED) is 0.586. The van der Waals surface area contributed by atoms with Crippen LogP contribution in [0.25, 0.3) is 0 Å². The lowest BCUT2D eigenvalue weighted by Crippen LogP contribution is -2.44. The highest BCUT2D eigenvalue weighted by molar-refractivity contribution is 7.92. The van der Waals surface area contributed by atoms with Gasteiger partial charge in [0.25, 0.3) is 15.9 Å². The third kappa shape index (κ3) is 6.51. The molecule has 2 N–H and O–H groups in total. The molecule has 1 aliphatic rings. The Labute approximate surface area is 178 Å². The van der Waals surface area contributed by atoms with Gasteiger partial charge in [-0.1, -0.05) is 0 Å². The Bertz CT molecular complexity index is 911. The molecule has 1 fully saturated rings. The molecule has 1 amide bonds. The summed E-state index contributed by atoms with van der Waals surface area (Å²) in [6, 6.07) is 9.07. The van der Waals surface area contributed by atoms with Crippen LogP contribution >= 0.6 is 0 Å². The minimum absolute atomic E-state index is 0.100. The molecule has 2 aromatic rings. The standard InChI is InChI=1S/C21H29N5O3S/c1-25-14-16-26(17-15-25)13-3-2-10-23-21(27)18-4-6-20(7-5-18)30(28,29)24-19-8-11-22-12-9-19/h4-9,11-12H,2-3,10,13-17H2,1H3,(H,22,24)(H,23,27). The number of anilines is 1. The molecule has 0 radical (unpaired) electrons. The van der Waals surface area contributed by atoms with Gasteiger partial charge in [-0.2, -0.15) is 0 Å². The van der Waals surface area contributed by atoms with E-state index in [2.05, 4.69) is 31.9 Å². The molecule has 162 valence electrons. The van der Waals surface area contributed by atoms with E-state index in [1.54, 1.807) is 12.1 Å². The number of hydrogen-bond donors (Lipinski definition) is 2. The summed E-state index contributed by atoms with van der Waals surface area (Å²) in [5.41, 5.74) is 0.875. The van der Waals surface area contributed by atoms with E-state index >= 15 is 0 Å². The summed E-state index contributed by atoms with van der Waals surface area (Å²) < 4.78 is 27.4. The van der Waals surface area contributed by atoms with E-state index in [1.165, 1.54) is 36.7 Å². The van der Waals surface area contributed by atoms with E-state index in [-0.39, 0.29) is 10.8 Å². The van der Waals surface area contributed by atoms with Crippen molar-refractivity contribution in [3.05, 3.63) is 54.4 Å². The van der Waals surface area contributed by atoms with E-state index < -0.39 is 10.0 Å². The molecule has 1 aliphatic heterocycles. The van der Waals surface area contributed by atoms with Crippen LogP contribution in [0.15, 0.2) is 53.7 Å². The fourth-order valence-electron chi connectivity index (χ4n) is 3.26. The zero-order valence-electron chi connectivity index (χ0n) is 17.3. The molecule has 9 heteroatoms. The topological polar surface area (TPSA) is 94.6 Å². The molecule has 2 heterocycles. The lowest BCUT2D eigenvalue weighted by atomic mass is 10.2. The molecule has 0 bridgehead atoms. The number of rotatable bonds is 9. The lowest BCUT2D eigenvalue weighted by Gasteiger charge is -2.32. The molecule has 3 rings (SSSR count). The number of aromatic nitrogens is 1. The summed E-state index contributed by atoms with van der Waals surface area (Å²) in [4.78, 5) is 21.1. The van der Waals surface area contributed by atoms with Gasteiger partial charge in [0.1, 0.15) is 0 Å². The van der Waals surface area contributed by atoms with Crippen LogP contribution in [0, 0.1) is 0 Å². The predicted octanol–water partition coefficient (Wildman–Crippen LogP) is 1.64. The Morgan fingerprint density at radius 3 is 2.33 bits per heavy atom. The van der Waals surface area contributed by atoms with Gasteiger partial charge in [-0.3, -0.25) is 14.5 Å². The maximum Gasteiger partial charge on any atom is 0.261 e. The number of nitrogens with one attached hydrogen (secondary N) is 2. The molecule has 0 aliphatic carbocycles. The Hall–Kier alpha value is -2.49. The van der Waals surface area contributed by atoms with Gasteiger partial charge >= 0.3 is 0 Å². The van der Waals surface area contributed by atoms with Gasteiger partial charge in [0.15, 0.2) is 0 Å². The van der Waals surface area contributed by atoms with Gasteiger partial charge in [0.05, 0.1) is 10.6 Å². The molecule has 1 saturated heterocycles. The lowest BCUT2D eigenvalue weighted by molar-refractivity contribution is 0.0951. The summed E-state index contributed by atoms with van der Waals surface area (Å²) >= 11 is 0. The Balaban J connectivity index is 1.42. The van der Waals surface area contributed by atoms with Crippen LogP contribution in [0.4, 0.5) is 5.69 Å². The third-order valence-electron chi connectivity index (χ3n) is 5.14. The summed E-state index contributed by atoms with van der Waals surface area (Å²) in [7, 11) is -1.57. The average Bonchev–Trinajstić information content (AvgIpc) is 2.75. The molecular formula is C21H29N5O3S. The van der Waals surface area contributed by atoms with Crippen molar-refractivity contribution in [3.63, 3.8) is 0 Å². The van der Waals surface area contributed by atoms with E-state index in [0.29, 0.717) is 17.8 Å². The first-order valence-electron chi connectivity index (χ1n) is 10.2. The fourth-order valence-corrected chi connectivity index (χ4v) is 4.31. The van der Waals surface area contributed by atoms with Crippen molar-refractivity contribution in [1.29, 1.82) is 0 Å². The second-order valence-corrected chi connectivity index (χ2v) is 9.16. The molecule has 0 saturated carbocycles. The fraction of sp³-hybridized carbons (Fsp3) is 0.429. The molecule has 1 aromatic carbocycles. The maximum absolute atomic E-state index is 12.4. The number of unbranched alkanes of at least 4 members (excludes halogenated alkanes) is 1. The zero-order valence-corrected chi connectivity index (χ0v) is 18.1. The Kier molecular flexibility index (Phi) is 7.78. The van der Waals surface area contributed by atoms with Gasteiger partial charge < -0.3 is 15.1 Å². The number of hydrogen-bond acceptors (Lipinski definition) is 6. The Morgan fingerprint density at radius 1 is 1.00 bits per heavy atom. The number of pyridine rings is 1. The molecule has 0 spiro atoms. The molecule has 1 aromatic heterocycles. The number of likely N-dealkylation sites (N-methyl/N-ethyl adjacent to an activating group) is 1. The maximum atomic E-state index is 12.4. The summed E-state index contributed by atoms with van der Waals surface area (Å²) in [5, 5.41) is 2.90. The van der Waals surface area contributed by atoms with Crippen LogP contribution in [0.5, 0.6) is 0 Å². The minimum atomic E-state index is -3.71. The molecule has 0 unspecified atom stereocenters. The van der Waals surface area contributed by atoms with Crippen LogP contribution in [-0.2, 0) is 10.0 Å². The first-order chi connectivity index (χ1) is 14.4. The minimum Gasteiger partial charge on any atom is -0.352 e. The van der Waals surface area contributed by atoms with Gasteiger partial charge in [0.2, 0.25) is 0 Å². The second kappa shape index (κ2) is 10.5. The van der Waals surface area contributed by atoms with E-state index in [9.17, 15) is 13.2 Å². The van der Waals surface area contributed by atoms with E-state index in [0.717, 1.165) is 45.6 Å². The number of piperazine rings is 1. The highest BCUT2D eigenvalue weighted by atomic mass is 32.2. The van der Waals surface area contributed by atoms with Crippen LogP contribution < -0.4 is 10.0 Å². The van der Waals surface area contributed by atoms with Crippen molar-refractivity contribution in [2.75, 3.05) is 51.0 Å². The van der Waals surface area contributed by atoms with Crippen molar-refractivity contribution < 1.29 is 13.2 Å². The first kappa shape index (κ1) is 22.2. The smallest absolute Gasteiger partial charge is 0.261 e. The normalized spacial score (nSPS) is 15.6. The zero-order chi connectivity index (χ0) is 21.4. The number of carbonyl (C=O) groups is 1. The SMILES string of the molecule is CN1CCN(CCCCNC(=O)c2ccc(S(=O)(=O)Nc3ccncc3)cc2)CC1. The average molecular weight is 432 g/mol. The van der Waals surface area contributed by atoms with Crippen LogP contribution in [0.1, 0.15) is 23.2 Å². The molecule has 0 atom stereocenters. The van der Waals surface area contributed by atoms with Crippen LogP contribution in [-0.4, -0.2) is 75.4 Å². The first-order valence-corrected chi connectivity index (χ1v) is 11.6. The molecule has 30 heavy (non-hydrogen) atoms. The largest absolute Gasteiger partial charge is 0.352 e. The van der Waals surface area contributed by atoms with Gasteiger partial charge in [-0.15, -0.1) is 0 Å². The summed E-state index contributed by atoms with van der Waals surface area (Å²) in [6.07, 6.45) is 4.98. The van der Waals surface area contributed by atoms with E-state index in [4.69, 9.17) is 0 Å². The van der Waals surface area contributed by atoms with Crippen molar-refractivity contribution in [1.82, 2.24) is 20.1 Å². The third-order valence-corrected chi connectivity index (χ3v) is 6.54. The number of amides is 1. The monoisotopic (exact) mass is 431 g/mol. The van der Waals surface area contributed by atoms with Crippen LogP contribution in [0.2, 0.25) is 0 Å². The second-order valence-electron chi connectivity index (χ2n) is 7.47. The summed E-state index contributed by atoms with van der Waals surface area (Å²) in [5.74, 6) is -0.194. The van der Waals surface area contributed by atoms with Gasteiger partial charge in [-0.25, -0.2) is 8.42 Å². The molecule has 8 nitrogen and oxygen atoms in total. The van der Waals surface area contributed by atoms with Crippen molar-refractivity contribution in [3.8, 4) is 0 Å². The van der Waals surface area contributed by atoms with Crippen molar-refractivity contribution in [2.45, 2.75) is 17.7 Å². The highest BCUT2D eigenvalue weighted by Gasteiger charge is 2.15. The Morgan fingerprint density at radius 2 is 1.67 bits per heavy atom. The van der Waals surface area contributed by atoms with Gasteiger partial charge in [-0.05, 0) is 62.8 Å². The predicted molar refractivity (Wildman–Crippen MR) is 117 cm³/mol. The van der Waals surface area contributed by atoms with Crippen molar-refractivity contribution in [2.24, 2.45) is 0 Å². The molecular weight excluding hydrogens is 402 g/mol. The number of carbonyl (C=O) groups excluding carboxylic acids is 1. The summed E-state index contributed by atoms with van der Waals surface area (Å²) in [6.45, 7) is 6.10. The van der Waals surface area contributed by atoms with E-state index in [1.807, 2.05) is 0 Å².